The van der Waals surface area contributed by atoms with Crippen molar-refractivity contribution in [1.29, 1.82) is 0 Å². The van der Waals surface area contributed by atoms with Crippen molar-refractivity contribution in [1.82, 2.24) is 5.32 Å². The minimum absolute atomic E-state index is 0.224. The average Bonchev–Trinajstić information content (AvgIpc) is 3.26. The molecule has 28 heavy (non-hydrogen) atoms. The van der Waals surface area contributed by atoms with Gasteiger partial charge in [-0.2, -0.15) is 0 Å². The Labute approximate surface area is 186 Å². The normalized spacial score (nSPS) is 16.6. The summed E-state index contributed by atoms with van der Waals surface area (Å²) in [5, 5.41) is 3.45. The van der Waals surface area contributed by atoms with Crippen molar-refractivity contribution in [3.05, 3.63) is 45.6 Å². The summed E-state index contributed by atoms with van der Waals surface area (Å²) in [6.45, 7) is 0.574. The number of hydrogen-bond donors (Lipinski definition) is 1. The van der Waals surface area contributed by atoms with Gasteiger partial charge >= 0.3 is 165 Å². The van der Waals surface area contributed by atoms with Crippen LogP contribution in [0.5, 0.6) is 0 Å². The minimum atomic E-state index is -0.826. The summed E-state index contributed by atoms with van der Waals surface area (Å²) in [5.74, 6) is -0.242. The number of cyclic esters (lactones) is 1. The molecule has 0 saturated carbocycles. The number of halogens is 2. The molecule has 1 aliphatic heterocycles. The molecule has 1 N–H and O–H groups in total. The molecule has 148 valence electrons. The van der Waals surface area contributed by atoms with Crippen molar-refractivity contribution in [2.75, 3.05) is 23.3 Å². The van der Waals surface area contributed by atoms with Crippen LogP contribution in [-0.2, 0) is 9.53 Å². The second kappa shape index (κ2) is 9.92. The first-order valence-electron chi connectivity index (χ1n) is 8.44. The third-order valence-electron chi connectivity index (χ3n) is 3.95. The molecule has 0 spiro atoms. The Hall–Kier alpha value is -1.34. The van der Waals surface area contributed by atoms with Crippen LogP contribution in [0.3, 0.4) is 0 Å². The molecule has 2 atom stereocenters. The third kappa shape index (κ3) is 5.60. The number of alkyl halides is 1. The number of anilines is 1. The molecule has 2 heterocycles. The molecule has 1 saturated heterocycles. The molecule has 3 rings (SSSR count). The fraction of sp³-hybridized carbons (Fsp3) is 0.278. The molecule has 6 nitrogen and oxygen atoms in total. The standard InChI is InChI=1S/C18H17AsBrClN2O4S/c20-8-7-15(24)19-11-1-3-12(4-2-11)23-10-13(27-18(23)26)9-22-17(25)14-5-6-16(21)28-14/h1-6,13,19H,7-10H2,(H,22,25). The average molecular weight is 548 g/mol. The predicted molar refractivity (Wildman–Crippen MR) is 116 cm³/mol. The van der Waals surface area contributed by atoms with Crippen LogP contribution in [0.15, 0.2) is 36.4 Å². The van der Waals surface area contributed by atoms with E-state index < -0.39 is 27.9 Å². The van der Waals surface area contributed by atoms with Gasteiger partial charge in [-0.3, -0.25) is 0 Å². The van der Waals surface area contributed by atoms with E-state index in [1.807, 2.05) is 24.3 Å². The van der Waals surface area contributed by atoms with Crippen LogP contribution in [0.25, 0.3) is 0 Å². The Balaban J connectivity index is 1.54. The van der Waals surface area contributed by atoms with Crippen molar-refractivity contribution in [3.8, 4) is 0 Å². The van der Waals surface area contributed by atoms with Gasteiger partial charge in [0.15, 0.2) is 0 Å². The van der Waals surface area contributed by atoms with E-state index in [2.05, 4.69) is 21.2 Å². The van der Waals surface area contributed by atoms with Crippen molar-refractivity contribution in [2.45, 2.75) is 12.5 Å². The van der Waals surface area contributed by atoms with Crippen LogP contribution in [-0.4, -0.2) is 56.8 Å². The maximum absolute atomic E-state index is 12.2. The molecule has 0 bridgehead atoms. The van der Waals surface area contributed by atoms with Gasteiger partial charge in [-0.05, 0) is 6.07 Å². The fourth-order valence-corrected chi connectivity index (χ4v) is 6.59. The summed E-state index contributed by atoms with van der Waals surface area (Å²) < 4.78 is 7.20. The van der Waals surface area contributed by atoms with E-state index in [9.17, 15) is 14.4 Å². The van der Waals surface area contributed by atoms with Gasteiger partial charge in [0.05, 0.1) is 4.34 Å². The van der Waals surface area contributed by atoms with Crippen molar-refractivity contribution >= 4 is 81.2 Å². The van der Waals surface area contributed by atoms with Crippen molar-refractivity contribution in [3.63, 3.8) is 0 Å². The number of rotatable bonds is 8. The van der Waals surface area contributed by atoms with Crippen LogP contribution in [0.2, 0.25) is 4.34 Å². The van der Waals surface area contributed by atoms with Crippen LogP contribution >= 0.6 is 38.9 Å². The number of nitrogens with one attached hydrogen (secondary N) is 1. The molecule has 1 aromatic carbocycles. The molecule has 1 aromatic heterocycles. The Morgan fingerprint density at radius 2 is 2.04 bits per heavy atom. The predicted octanol–water partition coefficient (Wildman–Crippen LogP) is 2.53. The number of ether oxygens (including phenoxy) is 1. The zero-order valence-corrected chi connectivity index (χ0v) is 19.9. The second-order valence-corrected chi connectivity index (χ2v) is 11.4. The van der Waals surface area contributed by atoms with E-state index in [0.717, 1.165) is 4.35 Å². The summed E-state index contributed by atoms with van der Waals surface area (Å²) in [5.41, 5.74) is 0.715. The van der Waals surface area contributed by atoms with Crippen LogP contribution in [0, 0.1) is 0 Å². The number of benzene rings is 1. The zero-order chi connectivity index (χ0) is 20.1. The van der Waals surface area contributed by atoms with Crippen molar-refractivity contribution < 1.29 is 19.1 Å². The van der Waals surface area contributed by atoms with Gasteiger partial charge in [-0.25, -0.2) is 0 Å². The van der Waals surface area contributed by atoms with E-state index in [1.165, 1.54) is 16.2 Å². The molecule has 2 aromatic rings. The molecule has 0 aliphatic carbocycles. The second-order valence-electron chi connectivity index (χ2n) is 5.96. The van der Waals surface area contributed by atoms with Crippen LogP contribution in [0.4, 0.5) is 10.5 Å². The number of amides is 2. The molecule has 10 heteroatoms. The SMILES string of the molecule is O=C(CCBr)[AsH]c1ccc(N2CC(CNC(=O)c3ccc(Cl)s3)OC2=O)cc1. The molecule has 2 unspecified atom stereocenters. The first-order chi connectivity index (χ1) is 13.5. The first-order valence-corrected chi connectivity index (χ1v) is 12.8. The number of carbonyl (C=O) groups is 3. The Bertz CT molecular complexity index is 877. The quantitative estimate of drug-likeness (QED) is 0.407. The molecule has 0 radical (unpaired) electrons. The van der Waals surface area contributed by atoms with Crippen LogP contribution < -0.4 is 14.6 Å². The first kappa shape index (κ1) is 21.4. The monoisotopic (exact) mass is 546 g/mol. The van der Waals surface area contributed by atoms with Gasteiger partial charge in [-0.1, -0.05) is 11.6 Å². The van der Waals surface area contributed by atoms with Gasteiger partial charge in [0, 0.05) is 0 Å². The molecular weight excluding hydrogens is 531 g/mol. The van der Waals surface area contributed by atoms with Gasteiger partial charge in [0.2, 0.25) is 0 Å². The fourth-order valence-electron chi connectivity index (χ4n) is 2.60. The summed E-state index contributed by atoms with van der Waals surface area (Å²) >= 11 is 9.48. The number of carbonyl (C=O) groups excluding carboxylic acids is 3. The number of thiophene rings is 1. The zero-order valence-electron chi connectivity index (χ0n) is 14.6. The van der Waals surface area contributed by atoms with E-state index in [4.69, 9.17) is 16.3 Å². The summed E-state index contributed by atoms with van der Waals surface area (Å²) in [6.07, 6.45) is -0.330. The molecule has 2 amide bonds. The van der Waals surface area contributed by atoms with E-state index in [0.29, 0.717) is 33.2 Å². The van der Waals surface area contributed by atoms with Gasteiger partial charge in [0.25, 0.3) is 0 Å². The molecule has 1 fully saturated rings. The van der Waals surface area contributed by atoms with E-state index in [-0.39, 0.29) is 17.0 Å². The van der Waals surface area contributed by atoms with Gasteiger partial charge < -0.3 is 0 Å². The number of nitrogens with zero attached hydrogens (tertiary/aromatic N) is 1. The number of hydrogen-bond acceptors (Lipinski definition) is 5. The van der Waals surface area contributed by atoms with E-state index in [1.54, 1.807) is 12.1 Å². The van der Waals surface area contributed by atoms with Gasteiger partial charge in [-0.15, -0.1) is 0 Å². The molecular formula is C18H17AsBrClN2O4S. The topological polar surface area (TPSA) is 75.7 Å². The van der Waals surface area contributed by atoms with E-state index >= 15 is 0 Å². The Morgan fingerprint density at radius 3 is 2.68 bits per heavy atom. The van der Waals surface area contributed by atoms with Crippen molar-refractivity contribution in [2.24, 2.45) is 0 Å². The summed E-state index contributed by atoms with van der Waals surface area (Å²) in [6, 6.07) is 10.8. The summed E-state index contributed by atoms with van der Waals surface area (Å²) in [4.78, 5) is 38.1. The third-order valence-corrected chi connectivity index (χ3v) is 7.99. The van der Waals surface area contributed by atoms with Gasteiger partial charge in [0.1, 0.15) is 0 Å². The summed E-state index contributed by atoms with van der Waals surface area (Å²) in [7, 11) is 0. The maximum atomic E-state index is 12.2. The Kier molecular flexibility index (Phi) is 7.57. The Morgan fingerprint density at radius 1 is 1.29 bits per heavy atom. The molecule has 1 aliphatic rings. The van der Waals surface area contributed by atoms with Crippen LogP contribution in [0.1, 0.15) is 16.1 Å².